The van der Waals surface area contributed by atoms with Crippen molar-refractivity contribution in [1.82, 2.24) is 10.3 Å². The molecule has 7 heteroatoms. The third kappa shape index (κ3) is 5.05. The highest BCUT2D eigenvalue weighted by molar-refractivity contribution is 5.84. The number of hydrogen-bond acceptors (Lipinski definition) is 5. The summed E-state index contributed by atoms with van der Waals surface area (Å²) in [5, 5.41) is 14.3. The second-order valence-corrected chi connectivity index (χ2v) is 5.85. The van der Waals surface area contributed by atoms with Gasteiger partial charge in [0.05, 0.1) is 17.9 Å². The lowest BCUT2D eigenvalue weighted by molar-refractivity contribution is -0.384. The van der Waals surface area contributed by atoms with Gasteiger partial charge in [-0.2, -0.15) is 0 Å². The number of pyridine rings is 1. The Morgan fingerprint density at radius 3 is 2.68 bits per heavy atom. The average Bonchev–Trinajstić information content (AvgIpc) is 2.71. The van der Waals surface area contributed by atoms with Crippen LogP contribution < -0.4 is 10.1 Å². The summed E-state index contributed by atoms with van der Waals surface area (Å²) in [6.45, 7) is 0.386. The van der Waals surface area contributed by atoms with E-state index in [0.717, 1.165) is 10.9 Å². The summed E-state index contributed by atoms with van der Waals surface area (Å²) in [5.41, 5.74) is 1.47. The fraction of sp³-hybridized carbons (Fsp3) is 0.143. The molecule has 3 rings (SSSR count). The number of nitro benzene ring substituents is 1. The Morgan fingerprint density at radius 2 is 1.89 bits per heavy atom. The number of carbonyl (C=O) groups is 1. The van der Waals surface area contributed by atoms with Crippen LogP contribution in [0.25, 0.3) is 10.9 Å². The topological polar surface area (TPSA) is 94.4 Å². The number of rotatable bonds is 6. The summed E-state index contributed by atoms with van der Waals surface area (Å²) in [5.74, 6) is 6.13. The van der Waals surface area contributed by atoms with Crippen LogP contribution in [0.2, 0.25) is 0 Å². The first-order chi connectivity index (χ1) is 13.6. The minimum atomic E-state index is -0.476. The zero-order chi connectivity index (χ0) is 19.8. The number of amides is 1. The van der Waals surface area contributed by atoms with E-state index >= 15 is 0 Å². The molecule has 0 unspecified atom stereocenters. The fourth-order valence-electron chi connectivity index (χ4n) is 2.55. The Labute approximate surface area is 161 Å². The summed E-state index contributed by atoms with van der Waals surface area (Å²) in [6, 6.07) is 15.4. The maximum atomic E-state index is 11.9. The molecule has 0 aliphatic rings. The number of hydrogen-bond donors (Lipinski definition) is 1. The maximum absolute atomic E-state index is 11.9. The van der Waals surface area contributed by atoms with Gasteiger partial charge in [-0.15, -0.1) is 0 Å². The fourth-order valence-corrected chi connectivity index (χ4v) is 2.55. The van der Waals surface area contributed by atoms with Crippen molar-refractivity contribution in [3.63, 3.8) is 0 Å². The van der Waals surface area contributed by atoms with Gasteiger partial charge in [-0.25, -0.2) is 0 Å². The number of nitrogens with one attached hydrogen (secondary N) is 1. The molecule has 1 heterocycles. The van der Waals surface area contributed by atoms with Crippen molar-refractivity contribution < 1.29 is 14.5 Å². The molecule has 0 aliphatic carbocycles. The molecule has 0 saturated heterocycles. The lowest BCUT2D eigenvalue weighted by Gasteiger charge is -2.05. The molecular weight excluding hydrogens is 358 g/mol. The summed E-state index contributed by atoms with van der Waals surface area (Å²) in [6.07, 6.45) is 1.85. The van der Waals surface area contributed by atoms with Gasteiger partial charge in [0.25, 0.3) is 5.69 Å². The number of nitrogens with zero attached hydrogens (tertiary/aromatic N) is 2. The summed E-state index contributed by atoms with van der Waals surface area (Å²) < 4.78 is 5.65. The van der Waals surface area contributed by atoms with Crippen LogP contribution in [0.4, 0.5) is 5.69 Å². The molecule has 3 aromatic rings. The van der Waals surface area contributed by atoms with E-state index in [0.29, 0.717) is 11.3 Å². The summed E-state index contributed by atoms with van der Waals surface area (Å²) in [4.78, 5) is 26.3. The van der Waals surface area contributed by atoms with Gasteiger partial charge in [0, 0.05) is 23.7 Å². The number of ether oxygens (including phenoxy) is 1. The third-order valence-electron chi connectivity index (χ3n) is 3.91. The Kier molecular flexibility index (Phi) is 6.16. The van der Waals surface area contributed by atoms with Crippen LogP contribution in [-0.2, 0) is 11.2 Å². The van der Waals surface area contributed by atoms with Gasteiger partial charge in [-0.3, -0.25) is 19.9 Å². The standard InChI is InChI=1S/C21H17N3O4/c25-20(15-16-8-10-18(11-9-16)24(26)27)22-12-1-2-14-28-19-7-3-5-17-6-4-13-23-21(17)19/h3-11,13H,12,14-15H2,(H,22,25). The molecule has 0 aliphatic heterocycles. The van der Waals surface area contributed by atoms with Crippen molar-refractivity contribution in [3.8, 4) is 17.6 Å². The monoisotopic (exact) mass is 375 g/mol. The smallest absolute Gasteiger partial charge is 0.269 e. The lowest BCUT2D eigenvalue weighted by atomic mass is 10.1. The van der Waals surface area contributed by atoms with Crippen LogP contribution in [0.3, 0.4) is 0 Å². The SMILES string of the molecule is O=C(Cc1ccc([N+](=O)[O-])cc1)NCC#CCOc1cccc2cccnc12. The largest absolute Gasteiger partial charge is 0.479 e. The van der Waals surface area contributed by atoms with E-state index < -0.39 is 4.92 Å². The number of benzene rings is 2. The molecule has 2 aromatic carbocycles. The molecule has 0 saturated carbocycles. The van der Waals surface area contributed by atoms with Crippen molar-refractivity contribution in [2.45, 2.75) is 6.42 Å². The molecule has 1 amide bonds. The number of para-hydroxylation sites is 1. The predicted molar refractivity (Wildman–Crippen MR) is 105 cm³/mol. The zero-order valence-electron chi connectivity index (χ0n) is 14.9. The Hall–Kier alpha value is -3.92. The molecule has 28 heavy (non-hydrogen) atoms. The normalized spacial score (nSPS) is 10.0. The first-order valence-electron chi connectivity index (χ1n) is 8.56. The number of nitro groups is 1. The first-order valence-corrected chi connectivity index (χ1v) is 8.56. The quantitative estimate of drug-likeness (QED) is 0.406. The van der Waals surface area contributed by atoms with Crippen LogP contribution in [0.15, 0.2) is 60.8 Å². The Morgan fingerprint density at radius 1 is 1.11 bits per heavy atom. The molecule has 0 fully saturated rings. The molecule has 1 aromatic heterocycles. The van der Waals surface area contributed by atoms with E-state index in [1.807, 2.05) is 30.3 Å². The minimum Gasteiger partial charge on any atom is -0.479 e. The van der Waals surface area contributed by atoms with Crippen molar-refractivity contribution >= 4 is 22.5 Å². The average molecular weight is 375 g/mol. The van der Waals surface area contributed by atoms with Gasteiger partial charge >= 0.3 is 0 Å². The number of non-ortho nitro benzene ring substituents is 1. The molecule has 7 nitrogen and oxygen atoms in total. The molecule has 0 bridgehead atoms. The minimum absolute atomic E-state index is 0.00332. The molecular formula is C21H17N3O4. The summed E-state index contributed by atoms with van der Waals surface area (Å²) in [7, 11) is 0. The summed E-state index contributed by atoms with van der Waals surface area (Å²) >= 11 is 0. The number of aromatic nitrogens is 1. The molecule has 0 spiro atoms. The lowest BCUT2D eigenvalue weighted by Crippen LogP contribution is -2.25. The van der Waals surface area contributed by atoms with Gasteiger partial charge < -0.3 is 10.1 Å². The number of fused-ring (bicyclic) bond motifs is 1. The second-order valence-electron chi connectivity index (χ2n) is 5.85. The van der Waals surface area contributed by atoms with Crippen LogP contribution in [0.1, 0.15) is 5.56 Å². The molecule has 140 valence electrons. The molecule has 0 radical (unpaired) electrons. The van der Waals surface area contributed by atoms with Crippen LogP contribution in [0, 0.1) is 22.0 Å². The van der Waals surface area contributed by atoms with E-state index in [9.17, 15) is 14.9 Å². The van der Waals surface area contributed by atoms with Crippen LogP contribution in [-0.4, -0.2) is 29.0 Å². The van der Waals surface area contributed by atoms with Crippen molar-refractivity contribution in [2.75, 3.05) is 13.2 Å². The third-order valence-corrected chi connectivity index (χ3v) is 3.91. The van der Waals surface area contributed by atoms with E-state index in [1.54, 1.807) is 18.3 Å². The molecule has 0 atom stereocenters. The van der Waals surface area contributed by atoms with Crippen molar-refractivity contribution in [3.05, 3.63) is 76.5 Å². The predicted octanol–water partition coefficient (Wildman–Crippen LogP) is 2.88. The van der Waals surface area contributed by atoms with E-state index in [4.69, 9.17) is 4.74 Å². The van der Waals surface area contributed by atoms with Gasteiger partial charge in [0.15, 0.2) is 0 Å². The highest BCUT2D eigenvalue weighted by Crippen LogP contribution is 2.22. The van der Waals surface area contributed by atoms with Gasteiger partial charge in [-0.05, 0) is 17.7 Å². The Balaban J connectivity index is 1.43. The first kappa shape index (κ1) is 18.9. The van der Waals surface area contributed by atoms with E-state index in [2.05, 4.69) is 22.1 Å². The van der Waals surface area contributed by atoms with E-state index in [1.165, 1.54) is 12.1 Å². The van der Waals surface area contributed by atoms with Crippen molar-refractivity contribution in [2.24, 2.45) is 0 Å². The van der Waals surface area contributed by atoms with Gasteiger partial charge in [0.2, 0.25) is 5.91 Å². The van der Waals surface area contributed by atoms with Gasteiger partial charge in [0.1, 0.15) is 17.9 Å². The number of carbonyl (C=O) groups excluding carboxylic acids is 1. The van der Waals surface area contributed by atoms with Gasteiger partial charge in [-0.1, -0.05) is 42.2 Å². The van der Waals surface area contributed by atoms with Crippen molar-refractivity contribution in [1.29, 1.82) is 0 Å². The highest BCUT2D eigenvalue weighted by Gasteiger charge is 2.06. The van der Waals surface area contributed by atoms with Crippen LogP contribution in [0.5, 0.6) is 5.75 Å². The zero-order valence-corrected chi connectivity index (χ0v) is 14.9. The van der Waals surface area contributed by atoms with E-state index in [-0.39, 0.29) is 31.2 Å². The maximum Gasteiger partial charge on any atom is 0.269 e. The second kappa shape index (κ2) is 9.14. The Bertz CT molecular complexity index is 1050. The highest BCUT2D eigenvalue weighted by atomic mass is 16.6. The van der Waals surface area contributed by atoms with Crippen LogP contribution >= 0.6 is 0 Å². The molecule has 1 N–H and O–H groups in total.